The van der Waals surface area contributed by atoms with E-state index in [0.29, 0.717) is 0 Å². The summed E-state index contributed by atoms with van der Waals surface area (Å²) in [6.07, 6.45) is 3.32. The number of carbonyl (C=O) groups is 2. The molecule has 0 atom stereocenters. The molecule has 1 aromatic rings. The molecule has 0 aliphatic heterocycles. The summed E-state index contributed by atoms with van der Waals surface area (Å²) >= 11 is 0. The number of benzene rings is 1. The van der Waals surface area contributed by atoms with Crippen molar-refractivity contribution in [3.8, 4) is 0 Å². The number of carboxylic acid groups (broad SMARTS) is 1. The molecule has 1 rings (SSSR count). The zero-order valence-electron chi connectivity index (χ0n) is 13.3. The topological polar surface area (TPSA) is 63.6 Å². The van der Waals surface area contributed by atoms with Crippen LogP contribution in [0.1, 0.15) is 48.4 Å². The van der Waals surface area contributed by atoms with Crippen LogP contribution in [0.3, 0.4) is 0 Å². The molecular formula is C16H25O4P. The van der Waals surface area contributed by atoms with Crippen LogP contribution >= 0.6 is 6.83 Å². The average Bonchev–Trinajstić information content (AvgIpc) is 2.53. The normalized spacial score (nSPS) is 13.2. The van der Waals surface area contributed by atoms with Crippen LogP contribution in [-0.2, 0) is 4.52 Å². The van der Waals surface area contributed by atoms with Crippen molar-refractivity contribution in [2.45, 2.75) is 27.7 Å². The van der Waals surface area contributed by atoms with Crippen LogP contribution in [0.25, 0.3) is 0 Å². The molecule has 0 aliphatic carbocycles. The minimum atomic E-state index is -2.57. The van der Waals surface area contributed by atoms with E-state index in [9.17, 15) is 14.7 Å². The third kappa shape index (κ3) is 3.26. The van der Waals surface area contributed by atoms with E-state index < -0.39 is 18.8 Å². The van der Waals surface area contributed by atoms with Crippen LogP contribution < -0.4 is 0 Å². The second-order valence-corrected chi connectivity index (χ2v) is 11.8. The molecule has 0 fully saturated rings. The van der Waals surface area contributed by atoms with Gasteiger partial charge in [0.15, 0.2) is 0 Å². The Balaban J connectivity index is 3.24. The van der Waals surface area contributed by atoms with Crippen molar-refractivity contribution in [2.24, 2.45) is 0 Å². The molecule has 0 spiro atoms. The van der Waals surface area contributed by atoms with Crippen molar-refractivity contribution in [2.75, 3.05) is 24.6 Å². The minimum absolute atomic E-state index is 0.00137. The molecule has 5 heteroatoms. The third-order valence-electron chi connectivity index (χ3n) is 4.92. The van der Waals surface area contributed by atoms with Gasteiger partial charge in [-0.05, 0) is 0 Å². The van der Waals surface area contributed by atoms with Crippen LogP contribution in [0.4, 0.5) is 0 Å². The first kappa shape index (κ1) is 17.6. The summed E-state index contributed by atoms with van der Waals surface area (Å²) in [4.78, 5) is 23.8. The van der Waals surface area contributed by atoms with Gasteiger partial charge in [-0.1, -0.05) is 0 Å². The second kappa shape index (κ2) is 6.57. The summed E-state index contributed by atoms with van der Waals surface area (Å²) in [5.41, 5.74) is 0.140. The van der Waals surface area contributed by atoms with Gasteiger partial charge >= 0.3 is 126 Å². The first-order valence-corrected chi connectivity index (χ1v) is 10.3. The Morgan fingerprint density at radius 3 is 1.76 bits per heavy atom. The molecule has 0 radical (unpaired) electrons. The molecule has 21 heavy (non-hydrogen) atoms. The predicted octanol–water partition coefficient (Wildman–Crippen LogP) is 4.09. The Hall–Kier alpha value is -1.41. The quantitative estimate of drug-likeness (QED) is 0.770. The molecule has 0 unspecified atom stereocenters. The van der Waals surface area contributed by atoms with Gasteiger partial charge in [0.1, 0.15) is 0 Å². The molecule has 4 nitrogen and oxygen atoms in total. The first-order valence-electron chi connectivity index (χ1n) is 7.44. The zero-order chi connectivity index (χ0) is 16.1. The van der Waals surface area contributed by atoms with E-state index in [2.05, 4.69) is 27.7 Å². The van der Waals surface area contributed by atoms with Crippen LogP contribution in [0.5, 0.6) is 0 Å². The molecule has 1 N–H and O–H groups in total. The third-order valence-corrected chi connectivity index (χ3v) is 12.0. The van der Waals surface area contributed by atoms with E-state index in [1.165, 1.54) is 12.1 Å². The monoisotopic (exact) mass is 312 g/mol. The van der Waals surface area contributed by atoms with Gasteiger partial charge in [0.25, 0.3) is 0 Å². The number of carboxylic acids is 1. The molecule has 0 heterocycles. The van der Waals surface area contributed by atoms with Crippen molar-refractivity contribution in [1.82, 2.24) is 0 Å². The number of hydrogen-bond donors (Lipinski definition) is 1. The Bertz CT molecular complexity index is 511. The SMILES string of the molecule is CCP(CC)(CC)(CC)OC(=O)c1ccccc1C(=O)O. The van der Waals surface area contributed by atoms with Crippen LogP contribution in [0, 0.1) is 0 Å². The number of aromatic carboxylic acids is 1. The van der Waals surface area contributed by atoms with Crippen molar-refractivity contribution in [1.29, 1.82) is 0 Å². The van der Waals surface area contributed by atoms with Gasteiger partial charge in [-0.15, -0.1) is 0 Å². The number of rotatable bonds is 7. The van der Waals surface area contributed by atoms with E-state index in [-0.39, 0.29) is 11.1 Å². The van der Waals surface area contributed by atoms with Gasteiger partial charge in [-0.2, -0.15) is 0 Å². The molecule has 0 bridgehead atoms. The number of hydrogen-bond acceptors (Lipinski definition) is 3. The van der Waals surface area contributed by atoms with Crippen molar-refractivity contribution in [3.63, 3.8) is 0 Å². The molecule has 0 saturated heterocycles. The molecule has 0 amide bonds. The van der Waals surface area contributed by atoms with E-state index in [1.54, 1.807) is 12.1 Å². The Morgan fingerprint density at radius 1 is 0.952 bits per heavy atom. The summed E-state index contributed by atoms with van der Waals surface area (Å²) in [5, 5.41) is 9.21. The van der Waals surface area contributed by atoms with Crippen LogP contribution in [-0.4, -0.2) is 41.7 Å². The van der Waals surface area contributed by atoms with E-state index in [1.807, 2.05) is 0 Å². The summed E-state index contributed by atoms with van der Waals surface area (Å²) in [6, 6.07) is 6.23. The summed E-state index contributed by atoms with van der Waals surface area (Å²) < 4.78 is 6.03. The van der Waals surface area contributed by atoms with Gasteiger partial charge in [-0.25, -0.2) is 0 Å². The van der Waals surface area contributed by atoms with Crippen molar-refractivity contribution in [3.05, 3.63) is 35.4 Å². The van der Waals surface area contributed by atoms with Gasteiger partial charge < -0.3 is 0 Å². The summed E-state index contributed by atoms with van der Waals surface area (Å²) in [6.45, 7) is 5.67. The molecule has 118 valence electrons. The molecule has 0 aromatic heterocycles. The zero-order valence-corrected chi connectivity index (χ0v) is 14.2. The fourth-order valence-corrected chi connectivity index (χ4v) is 6.50. The second-order valence-electron chi connectivity index (χ2n) is 5.35. The Kier molecular flexibility index (Phi) is 5.52. The standard InChI is InChI=1S/C16H25O4P/c1-5-21(6-2,7-3,8-4)20-16(19)14-12-10-9-11-13(14)15(17)18/h9-12H,5-8H2,1-4H3,(H,17,18). The summed E-state index contributed by atoms with van der Waals surface area (Å²) in [5.74, 6) is -1.61. The fraction of sp³-hybridized carbons (Fsp3) is 0.500. The molecular weight excluding hydrogens is 287 g/mol. The van der Waals surface area contributed by atoms with Gasteiger partial charge in [-0.3, -0.25) is 0 Å². The van der Waals surface area contributed by atoms with Gasteiger partial charge in [0.2, 0.25) is 0 Å². The number of carbonyl (C=O) groups excluding carboxylic acids is 1. The van der Waals surface area contributed by atoms with Crippen molar-refractivity contribution < 1.29 is 19.2 Å². The van der Waals surface area contributed by atoms with E-state index in [4.69, 9.17) is 4.52 Å². The molecule has 1 aromatic carbocycles. The van der Waals surface area contributed by atoms with Crippen LogP contribution in [0.2, 0.25) is 0 Å². The maximum atomic E-state index is 12.6. The first-order chi connectivity index (χ1) is 9.87. The van der Waals surface area contributed by atoms with Crippen molar-refractivity contribution >= 4 is 18.8 Å². The van der Waals surface area contributed by atoms with Crippen LogP contribution in [0.15, 0.2) is 24.3 Å². The molecule has 0 aliphatic rings. The maximum absolute atomic E-state index is 12.6. The van der Waals surface area contributed by atoms with Gasteiger partial charge in [0.05, 0.1) is 0 Å². The Labute approximate surface area is 126 Å². The van der Waals surface area contributed by atoms with Gasteiger partial charge in [0, 0.05) is 0 Å². The van der Waals surface area contributed by atoms with E-state index >= 15 is 0 Å². The predicted molar refractivity (Wildman–Crippen MR) is 87.9 cm³/mol. The fourth-order valence-electron chi connectivity index (χ4n) is 2.73. The summed E-state index contributed by atoms with van der Waals surface area (Å²) in [7, 11) is 0. The Morgan fingerprint density at radius 2 is 1.38 bits per heavy atom. The molecule has 0 saturated carbocycles. The van der Waals surface area contributed by atoms with E-state index in [0.717, 1.165) is 24.6 Å². The average molecular weight is 312 g/mol.